The Hall–Kier alpha value is -4.22. The highest BCUT2D eigenvalue weighted by atomic mass is 32.2. The standard InChI is InChI=1S/C34H41N5O5S/c1-20(2)27(37-30(41)25-17-16-23-14-10-11-15-24(23)35-25)31(42)36-26(18-22-12-8-7-9-13-22)29(40)33(44)39-19-45-21(3)28(39)32(43)38-34(4,5)6/h7-17,20,26-29,40H,3,18-19H2,1-2,4-6H3,(H,36,42)(H,37,41)(H,38,43)/t26-,27-,28-,29-/m0/s1. The summed E-state index contributed by atoms with van der Waals surface area (Å²) in [5.74, 6) is -2.39. The minimum Gasteiger partial charge on any atom is -0.381 e. The molecule has 0 bridgehead atoms. The molecule has 0 saturated carbocycles. The predicted octanol–water partition coefficient (Wildman–Crippen LogP) is 3.41. The van der Waals surface area contributed by atoms with E-state index in [9.17, 15) is 24.3 Å². The van der Waals surface area contributed by atoms with Crippen molar-refractivity contribution < 1.29 is 24.3 Å². The molecule has 4 rings (SSSR count). The molecule has 4 atom stereocenters. The van der Waals surface area contributed by atoms with E-state index in [1.165, 1.54) is 16.7 Å². The van der Waals surface area contributed by atoms with Gasteiger partial charge in [-0.1, -0.05) is 75.0 Å². The van der Waals surface area contributed by atoms with E-state index < -0.39 is 53.4 Å². The van der Waals surface area contributed by atoms with Crippen LogP contribution in [0.15, 0.2) is 78.2 Å². The number of carbonyl (C=O) groups excluding carboxylic acids is 4. The number of benzene rings is 2. The summed E-state index contributed by atoms with van der Waals surface area (Å²) in [7, 11) is 0. The first-order chi connectivity index (χ1) is 21.2. The monoisotopic (exact) mass is 631 g/mol. The topological polar surface area (TPSA) is 141 Å². The molecule has 1 aliphatic rings. The number of thioether (sulfide) groups is 1. The fourth-order valence-electron chi connectivity index (χ4n) is 5.06. The number of amides is 4. The molecule has 10 nitrogen and oxygen atoms in total. The van der Waals surface area contributed by atoms with Gasteiger partial charge in [-0.3, -0.25) is 19.2 Å². The Labute approximate surface area is 268 Å². The molecule has 11 heteroatoms. The van der Waals surface area contributed by atoms with Crippen molar-refractivity contribution in [2.45, 2.75) is 70.8 Å². The molecule has 0 radical (unpaired) electrons. The predicted molar refractivity (Wildman–Crippen MR) is 176 cm³/mol. The molecule has 1 fully saturated rings. The molecular formula is C34H41N5O5S. The van der Waals surface area contributed by atoms with E-state index in [1.54, 1.807) is 32.0 Å². The molecule has 2 aromatic carbocycles. The smallest absolute Gasteiger partial charge is 0.270 e. The van der Waals surface area contributed by atoms with Gasteiger partial charge in [0.05, 0.1) is 17.4 Å². The molecule has 0 aliphatic carbocycles. The van der Waals surface area contributed by atoms with Gasteiger partial charge in [0.2, 0.25) is 11.8 Å². The lowest BCUT2D eigenvalue weighted by molar-refractivity contribution is -0.146. The molecule has 45 heavy (non-hydrogen) atoms. The van der Waals surface area contributed by atoms with Crippen LogP contribution in [0.4, 0.5) is 0 Å². The summed E-state index contributed by atoms with van der Waals surface area (Å²) in [4.78, 5) is 60.1. The maximum absolute atomic E-state index is 13.8. The molecule has 0 unspecified atom stereocenters. The van der Waals surface area contributed by atoms with Gasteiger partial charge < -0.3 is 26.0 Å². The average Bonchev–Trinajstić information content (AvgIpc) is 3.39. The number of fused-ring (bicyclic) bond motifs is 1. The summed E-state index contributed by atoms with van der Waals surface area (Å²) in [6.07, 6.45) is -1.55. The fourth-order valence-corrected chi connectivity index (χ4v) is 6.04. The number of nitrogens with one attached hydrogen (secondary N) is 3. The van der Waals surface area contributed by atoms with E-state index in [2.05, 4.69) is 27.5 Å². The van der Waals surface area contributed by atoms with Crippen molar-refractivity contribution in [1.82, 2.24) is 25.8 Å². The van der Waals surface area contributed by atoms with Crippen LogP contribution in [0.25, 0.3) is 10.9 Å². The number of hydrogen-bond acceptors (Lipinski definition) is 7. The number of para-hydroxylation sites is 1. The highest BCUT2D eigenvalue weighted by molar-refractivity contribution is 8.03. The van der Waals surface area contributed by atoms with Gasteiger partial charge >= 0.3 is 0 Å². The van der Waals surface area contributed by atoms with E-state index in [0.29, 0.717) is 10.4 Å². The second-order valence-corrected chi connectivity index (χ2v) is 13.6. The van der Waals surface area contributed by atoms with E-state index >= 15 is 0 Å². The lowest BCUT2D eigenvalue weighted by Gasteiger charge is -2.32. The van der Waals surface area contributed by atoms with Gasteiger partial charge in [-0.2, -0.15) is 0 Å². The molecule has 1 aromatic heterocycles. The molecule has 238 valence electrons. The third-order valence-corrected chi connectivity index (χ3v) is 8.36. The van der Waals surface area contributed by atoms with Gasteiger partial charge in [0.1, 0.15) is 17.8 Å². The third-order valence-electron chi connectivity index (χ3n) is 7.36. The van der Waals surface area contributed by atoms with Gasteiger partial charge in [0, 0.05) is 15.8 Å². The Bertz CT molecular complexity index is 1570. The first-order valence-electron chi connectivity index (χ1n) is 14.9. The van der Waals surface area contributed by atoms with Crippen LogP contribution in [0, 0.1) is 5.92 Å². The van der Waals surface area contributed by atoms with Crippen LogP contribution >= 0.6 is 11.8 Å². The SMILES string of the molecule is C=C1SCN(C(=O)[C@@H](O)[C@H](Cc2ccccc2)NC(=O)[C@@H](NC(=O)c2ccc3ccccc3n2)C(C)C)[C@@H]1C(=O)NC(C)(C)C. The fraction of sp³-hybridized carbons (Fsp3) is 0.382. The largest absolute Gasteiger partial charge is 0.381 e. The van der Waals surface area contributed by atoms with Gasteiger partial charge in [0.25, 0.3) is 11.8 Å². The minimum absolute atomic E-state index is 0.130. The van der Waals surface area contributed by atoms with Crippen LogP contribution < -0.4 is 16.0 Å². The zero-order valence-corrected chi connectivity index (χ0v) is 27.1. The van der Waals surface area contributed by atoms with E-state index in [-0.39, 0.29) is 23.9 Å². The summed E-state index contributed by atoms with van der Waals surface area (Å²) < 4.78 is 0. The highest BCUT2D eigenvalue weighted by Gasteiger charge is 2.43. The third kappa shape index (κ3) is 8.49. The zero-order chi connectivity index (χ0) is 32.9. The molecule has 4 amide bonds. The molecule has 1 saturated heterocycles. The van der Waals surface area contributed by atoms with E-state index in [4.69, 9.17) is 0 Å². The second-order valence-electron chi connectivity index (χ2n) is 12.5. The van der Waals surface area contributed by atoms with Crippen LogP contribution in [0.2, 0.25) is 0 Å². The Morgan fingerprint density at radius 2 is 1.67 bits per heavy atom. The normalized spacial score (nSPS) is 17.1. The van der Waals surface area contributed by atoms with Crippen LogP contribution in [-0.4, -0.2) is 74.3 Å². The Morgan fingerprint density at radius 1 is 1.00 bits per heavy atom. The number of hydrogen-bond donors (Lipinski definition) is 4. The molecule has 1 aliphatic heterocycles. The maximum Gasteiger partial charge on any atom is 0.270 e. The van der Waals surface area contributed by atoms with Crippen molar-refractivity contribution in [2.75, 3.05) is 5.88 Å². The van der Waals surface area contributed by atoms with Gasteiger partial charge in [0.15, 0.2) is 6.10 Å². The Kier molecular flexibility index (Phi) is 10.7. The molecule has 3 aromatic rings. The number of aliphatic hydroxyl groups excluding tert-OH is 1. The van der Waals surface area contributed by atoms with Crippen molar-refractivity contribution in [3.8, 4) is 0 Å². The Balaban J connectivity index is 1.55. The average molecular weight is 632 g/mol. The molecule has 0 spiro atoms. The Morgan fingerprint density at radius 3 is 2.33 bits per heavy atom. The van der Waals surface area contributed by atoms with Crippen molar-refractivity contribution in [3.05, 3.63) is 89.5 Å². The van der Waals surface area contributed by atoms with Crippen LogP contribution in [-0.2, 0) is 20.8 Å². The lowest BCUT2D eigenvalue weighted by atomic mass is 9.97. The van der Waals surface area contributed by atoms with Gasteiger partial charge in [-0.25, -0.2) is 4.98 Å². The summed E-state index contributed by atoms with van der Waals surface area (Å²) in [6.45, 7) is 13.0. The van der Waals surface area contributed by atoms with Crippen molar-refractivity contribution in [1.29, 1.82) is 0 Å². The number of aromatic nitrogens is 1. The van der Waals surface area contributed by atoms with Crippen molar-refractivity contribution in [3.63, 3.8) is 0 Å². The molecular weight excluding hydrogens is 590 g/mol. The van der Waals surface area contributed by atoms with Crippen molar-refractivity contribution >= 4 is 46.3 Å². The van der Waals surface area contributed by atoms with Gasteiger partial charge in [-0.15, -0.1) is 11.8 Å². The summed E-state index contributed by atoms with van der Waals surface area (Å²) >= 11 is 1.26. The first-order valence-corrected chi connectivity index (χ1v) is 15.9. The van der Waals surface area contributed by atoms with Crippen LogP contribution in [0.3, 0.4) is 0 Å². The summed E-state index contributed by atoms with van der Waals surface area (Å²) in [5, 5.41) is 20.8. The number of carbonyl (C=O) groups is 4. The number of aliphatic hydroxyl groups is 1. The summed E-state index contributed by atoms with van der Waals surface area (Å²) in [6, 6.07) is 16.9. The first kappa shape index (κ1) is 33.7. The highest BCUT2D eigenvalue weighted by Crippen LogP contribution is 2.33. The molecule has 4 N–H and O–H groups in total. The lowest BCUT2D eigenvalue weighted by Crippen LogP contribution is -2.59. The van der Waals surface area contributed by atoms with Gasteiger partial charge in [-0.05, 0) is 50.8 Å². The summed E-state index contributed by atoms with van der Waals surface area (Å²) in [5.41, 5.74) is 1.05. The van der Waals surface area contributed by atoms with Crippen LogP contribution in [0.1, 0.15) is 50.7 Å². The second kappa shape index (κ2) is 14.3. The number of pyridine rings is 1. The number of nitrogens with zero attached hydrogens (tertiary/aromatic N) is 2. The van der Waals surface area contributed by atoms with E-state index in [1.807, 2.05) is 69.3 Å². The quantitative estimate of drug-likeness (QED) is 0.269. The van der Waals surface area contributed by atoms with Crippen LogP contribution in [0.5, 0.6) is 0 Å². The minimum atomic E-state index is -1.68. The van der Waals surface area contributed by atoms with E-state index in [0.717, 1.165) is 10.9 Å². The number of rotatable bonds is 10. The zero-order valence-electron chi connectivity index (χ0n) is 26.2. The van der Waals surface area contributed by atoms with Crippen molar-refractivity contribution in [2.24, 2.45) is 5.92 Å². The molecule has 2 heterocycles. The maximum atomic E-state index is 13.8.